The number of carbonyl (C=O) groups excluding carboxylic acids is 1. The minimum atomic E-state index is -0.201. The monoisotopic (exact) mass is 386 g/mol. The summed E-state index contributed by atoms with van der Waals surface area (Å²) in [5.74, 6) is 0.966. The average molecular weight is 387 g/mol. The SMILES string of the molecule is COc1cc(Cl)cc2c1C/C=C/CCc1cc(C)nc(OC)c1CNC2=O. The molecule has 0 saturated carbocycles. The second-order valence-corrected chi connectivity index (χ2v) is 6.88. The van der Waals surface area contributed by atoms with Crippen LogP contribution < -0.4 is 14.8 Å². The molecule has 3 rings (SSSR count). The van der Waals surface area contributed by atoms with Gasteiger partial charge in [-0.1, -0.05) is 23.8 Å². The van der Waals surface area contributed by atoms with Crippen molar-refractivity contribution in [2.24, 2.45) is 0 Å². The van der Waals surface area contributed by atoms with Gasteiger partial charge < -0.3 is 14.8 Å². The number of hydrogen-bond acceptors (Lipinski definition) is 4. The Morgan fingerprint density at radius 3 is 2.67 bits per heavy atom. The summed E-state index contributed by atoms with van der Waals surface area (Å²) in [5, 5.41) is 3.45. The van der Waals surface area contributed by atoms with Crippen molar-refractivity contribution in [2.45, 2.75) is 32.7 Å². The van der Waals surface area contributed by atoms with Crippen LogP contribution >= 0.6 is 11.6 Å². The van der Waals surface area contributed by atoms with Crippen molar-refractivity contribution >= 4 is 17.5 Å². The van der Waals surface area contributed by atoms with E-state index < -0.39 is 0 Å². The number of rotatable bonds is 2. The standard InChI is InChI=1S/C21H23ClN2O3/c1-13-9-14-7-5-4-6-8-16-17(10-15(22)11-19(16)26-2)20(25)23-12-18(14)21(24-13)27-3/h4,6,9-11H,5,7-8,12H2,1-3H3,(H,23,25)/b6-4+. The van der Waals surface area contributed by atoms with Crippen molar-refractivity contribution in [1.82, 2.24) is 10.3 Å². The molecule has 1 aromatic heterocycles. The Labute approximate surface area is 164 Å². The lowest BCUT2D eigenvalue weighted by Gasteiger charge is -2.17. The highest BCUT2D eigenvalue weighted by Gasteiger charge is 2.19. The number of pyridine rings is 1. The van der Waals surface area contributed by atoms with E-state index in [1.165, 1.54) is 0 Å². The number of allylic oxidation sites excluding steroid dienone is 2. The van der Waals surface area contributed by atoms with Crippen LogP contribution in [0.5, 0.6) is 11.6 Å². The van der Waals surface area contributed by atoms with Crippen LogP contribution in [0.2, 0.25) is 5.02 Å². The first-order valence-corrected chi connectivity index (χ1v) is 9.24. The number of carbonyl (C=O) groups is 1. The topological polar surface area (TPSA) is 60.5 Å². The Balaban J connectivity index is 2.04. The summed E-state index contributed by atoms with van der Waals surface area (Å²) < 4.78 is 10.9. The Morgan fingerprint density at radius 1 is 1.11 bits per heavy atom. The molecule has 6 heteroatoms. The molecule has 1 N–H and O–H groups in total. The van der Waals surface area contributed by atoms with Gasteiger partial charge in [-0.2, -0.15) is 0 Å². The second kappa shape index (κ2) is 8.44. The van der Waals surface area contributed by atoms with Crippen LogP contribution in [0.4, 0.5) is 0 Å². The highest BCUT2D eigenvalue weighted by molar-refractivity contribution is 6.31. The molecule has 1 amide bonds. The van der Waals surface area contributed by atoms with E-state index in [4.69, 9.17) is 21.1 Å². The van der Waals surface area contributed by atoms with Gasteiger partial charge in [0.25, 0.3) is 5.91 Å². The summed E-state index contributed by atoms with van der Waals surface area (Å²) in [4.78, 5) is 17.4. The van der Waals surface area contributed by atoms with Gasteiger partial charge in [0, 0.05) is 34.0 Å². The third-order valence-electron chi connectivity index (χ3n) is 4.63. The molecule has 142 valence electrons. The van der Waals surface area contributed by atoms with E-state index in [0.29, 0.717) is 35.2 Å². The van der Waals surface area contributed by atoms with Crippen molar-refractivity contribution in [2.75, 3.05) is 14.2 Å². The smallest absolute Gasteiger partial charge is 0.252 e. The Hall–Kier alpha value is -2.53. The number of nitrogens with zero attached hydrogens (tertiary/aromatic N) is 1. The van der Waals surface area contributed by atoms with Gasteiger partial charge in [0.15, 0.2) is 0 Å². The van der Waals surface area contributed by atoms with Crippen molar-refractivity contribution in [3.05, 3.63) is 63.3 Å². The number of ether oxygens (including phenoxy) is 2. The first kappa shape index (κ1) is 19.2. The molecule has 27 heavy (non-hydrogen) atoms. The van der Waals surface area contributed by atoms with Crippen LogP contribution in [0, 0.1) is 6.92 Å². The largest absolute Gasteiger partial charge is 0.496 e. The highest BCUT2D eigenvalue weighted by atomic mass is 35.5. The number of aryl methyl sites for hydroxylation is 2. The lowest BCUT2D eigenvalue weighted by atomic mass is 9.99. The van der Waals surface area contributed by atoms with Crippen LogP contribution in [0.15, 0.2) is 30.4 Å². The minimum Gasteiger partial charge on any atom is -0.496 e. The summed E-state index contributed by atoms with van der Waals surface area (Å²) in [6.45, 7) is 2.28. The number of aromatic nitrogens is 1. The van der Waals surface area contributed by atoms with Crippen molar-refractivity contribution < 1.29 is 14.3 Å². The van der Waals surface area contributed by atoms with E-state index in [2.05, 4.69) is 28.5 Å². The zero-order valence-electron chi connectivity index (χ0n) is 15.8. The molecule has 0 radical (unpaired) electrons. The molecule has 2 heterocycles. The van der Waals surface area contributed by atoms with Crippen LogP contribution in [0.1, 0.15) is 39.2 Å². The molecule has 2 aromatic rings. The summed E-state index contributed by atoms with van der Waals surface area (Å²) in [6, 6.07) is 5.47. The van der Waals surface area contributed by atoms with E-state index in [9.17, 15) is 4.79 Å². The second-order valence-electron chi connectivity index (χ2n) is 6.44. The van der Waals surface area contributed by atoms with Gasteiger partial charge in [-0.05, 0) is 49.9 Å². The van der Waals surface area contributed by atoms with Crippen molar-refractivity contribution in [1.29, 1.82) is 0 Å². The van der Waals surface area contributed by atoms with E-state index in [1.54, 1.807) is 26.4 Å². The molecule has 1 aromatic carbocycles. The van der Waals surface area contributed by atoms with Gasteiger partial charge in [0.05, 0.1) is 14.2 Å². The summed E-state index contributed by atoms with van der Waals surface area (Å²) >= 11 is 6.19. The Morgan fingerprint density at radius 2 is 1.93 bits per heavy atom. The third-order valence-corrected chi connectivity index (χ3v) is 4.85. The van der Waals surface area contributed by atoms with E-state index in [-0.39, 0.29) is 5.91 Å². The number of hydrogen-bond donors (Lipinski definition) is 1. The van der Waals surface area contributed by atoms with Gasteiger partial charge in [0.2, 0.25) is 5.88 Å². The maximum Gasteiger partial charge on any atom is 0.252 e. The maximum atomic E-state index is 12.9. The fourth-order valence-corrected chi connectivity index (χ4v) is 3.55. The zero-order valence-corrected chi connectivity index (χ0v) is 16.5. The van der Waals surface area contributed by atoms with E-state index >= 15 is 0 Å². The van der Waals surface area contributed by atoms with Crippen LogP contribution in [-0.2, 0) is 19.4 Å². The van der Waals surface area contributed by atoms with E-state index in [0.717, 1.165) is 35.2 Å². The number of fused-ring (bicyclic) bond motifs is 2. The lowest BCUT2D eigenvalue weighted by Crippen LogP contribution is -2.25. The number of methoxy groups -OCH3 is 2. The van der Waals surface area contributed by atoms with Gasteiger partial charge in [-0.15, -0.1) is 0 Å². The third kappa shape index (κ3) is 4.25. The molecule has 0 saturated heterocycles. The molecular weight excluding hydrogens is 364 g/mol. The van der Waals surface area contributed by atoms with Gasteiger partial charge >= 0.3 is 0 Å². The molecule has 0 fully saturated rings. The minimum absolute atomic E-state index is 0.201. The average Bonchev–Trinajstić information content (AvgIpc) is 2.65. The van der Waals surface area contributed by atoms with Crippen molar-refractivity contribution in [3.63, 3.8) is 0 Å². The summed E-state index contributed by atoms with van der Waals surface area (Å²) in [5.41, 5.74) is 4.28. The first-order chi connectivity index (χ1) is 13.0. The fraction of sp³-hybridized carbons (Fsp3) is 0.333. The normalized spacial score (nSPS) is 15.5. The zero-order chi connectivity index (χ0) is 19.4. The fourth-order valence-electron chi connectivity index (χ4n) is 3.35. The van der Waals surface area contributed by atoms with Crippen LogP contribution in [0.25, 0.3) is 0 Å². The number of benzene rings is 1. The molecule has 0 atom stereocenters. The first-order valence-electron chi connectivity index (χ1n) is 8.86. The number of nitrogens with one attached hydrogen (secondary N) is 1. The van der Waals surface area contributed by atoms with Crippen LogP contribution in [-0.4, -0.2) is 25.1 Å². The quantitative estimate of drug-likeness (QED) is 0.791. The Kier molecular flexibility index (Phi) is 6.01. The molecule has 0 spiro atoms. The number of halogens is 1. The Bertz CT molecular complexity index is 893. The van der Waals surface area contributed by atoms with Gasteiger partial charge in [0.1, 0.15) is 5.75 Å². The summed E-state index contributed by atoms with van der Waals surface area (Å²) in [7, 11) is 3.18. The van der Waals surface area contributed by atoms with Crippen molar-refractivity contribution in [3.8, 4) is 11.6 Å². The van der Waals surface area contributed by atoms with Gasteiger partial charge in [-0.3, -0.25) is 4.79 Å². The van der Waals surface area contributed by atoms with Gasteiger partial charge in [-0.25, -0.2) is 4.98 Å². The molecule has 5 nitrogen and oxygen atoms in total. The van der Waals surface area contributed by atoms with E-state index in [1.807, 2.05) is 6.92 Å². The predicted octanol–water partition coefficient (Wildman–Crippen LogP) is 4.04. The maximum absolute atomic E-state index is 12.9. The molecule has 1 aliphatic rings. The number of amides is 1. The molecule has 0 bridgehead atoms. The lowest BCUT2D eigenvalue weighted by molar-refractivity contribution is 0.0949. The highest BCUT2D eigenvalue weighted by Crippen LogP contribution is 2.29. The molecule has 0 unspecified atom stereocenters. The summed E-state index contributed by atoms with van der Waals surface area (Å²) in [6.07, 6.45) is 6.54. The predicted molar refractivity (Wildman–Crippen MR) is 106 cm³/mol. The molecule has 0 aliphatic carbocycles. The molecular formula is C21H23ClN2O3. The molecule has 1 aliphatic heterocycles. The van der Waals surface area contributed by atoms with Crippen LogP contribution in [0.3, 0.4) is 0 Å².